The van der Waals surface area contributed by atoms with E-state index in [0.29, 0.717) is 5.54 Å². The van der Waals surface area contributed by atoms with Crippen molar-refractivity contribution in [2.45, 2.75) is 25.3 Å². The van der Waals surface area contributed by atoms with Gasteiger partial charge in [0.25, 0.3) is 0 Å². The Bertz CT molecular complexity index is 124. The Labute approximate surface area is 70.2 Å². The van der Waals surface area contributed by atoms with Gasteiger partial charge in [0.1, 0.15) is 0 Å². The molecule has 1 saturated heterocycles. The van der Waals surface area contributed by atoms with Crippen LogP contribution in [0.15, 0.2) is 0 Å². The van der Waals surface area contributed by atoms with Crippen molar-refractivity contribution in [1.82, 2.24) is 9.80 Å². The van der Waals surface area contributed by atoms with Crippen molar-refractivity contribution >= 4 is 0 Å². The maximum atomic E-state index is 2.41. The molecule has 0 spiro atoms. The summed E-state index contributed by atoms with van der Waals surface area (Å²) in [4.78, 5) is 4.77. The molecular formula is C9H20N2. The zero-order chi connectivity index (χ0) is 8.48. The van der Waals surface area contributed by atoms with Crippen LogP contribution in [0.1, 0.15) is 19.8 Å². The van der Waals surface area contributed by atoms with Crippen LogP contribution in [-0.2, 0) is 0 Å². The molecular weight excluding hydrogens is 136 g/mol. The highest BCUT2D eigenvalue weighted by Gasteiger charge is 2.30. The predicted molar refractivity (Wildman–Crippen MR) is 48.8 cm³/mol. The first-order chi connectivity index (χ1) is 5.04. The molecule has 1 fully saturated rings. The minimum atomic E-state index is 0.451. The molecule has 0 aromatic heterocycles. The van der Waals surface area contributed by atoms with Crippen molar-refractivity contribution in [2.24, 2.45) is 0 Å². The van der Waals surface area contributed by atoms with Gasteiger partial charge in [0.15, 0.2) is 0 Å². The summed E-state index contributed by atoms with van der Waals surface area (Å²) in [6.07, 6.45) is 2.60. The van der Waals surface area contributed by atoms with E-state index in [1.165, 1.54) is 25.9 Å². The normalized spacial score (nSPS) is 25.9. The van der Waals surface area contributed by atoms with E-state index in [9.17, 15) is 0 Å². The lowest BCUT2D eigenvalue weighted by Gasteiger charge is -2.42. The van der Waals surface area contributed by atoms with Gasteiger partial charge in [0, 0.05) is 5.54 Å². The van der Waals surface area contributed by atoms with Crippen molar-refractivity contribution in [2.75, 3.05) is 34.2 Å². The lowest BCUT2D eigenvalue weighted by Crippen LogP contribution is -2.49. The second-order valence-electron chi connectivity index (χ2n) is 4.19. The molecule has 2 nitrogen and oxygen atoms in total. The SMILES string of the molecule is CN1CCC(C)(N(C)C)CC1. The Balaban J connectivity index is 2.48. The molecule has 0 aromatic carbocycles. The van der Waals surface area contributed by atoms with Crippen LogP contribution in [0.25, 0.3) is 0 Å². The van der Waals surface area contributed by atoms with Gasteiger partial charge in [-0.25, -0.2) is 0 Å². The number of hydrogen-bond donors (Lipinski definition) is 0. The van der Waals surface area contributed by atoms with Gasteiger partial charge < -0.3 is 9.80 Å². The average molecular weight is 156 g/mol. The molecule has 1 heterocycles. The maximum absolute atomic E-state index is 2.41. The molecule has 2 heteroatoms. The summed E-state index contributed by atoms with van der Waals surface area (Å²) >= 11 is 0. The highest BCUT2D eigenvalue weighted by atomic mass is 15.2. The lowest BCUT2D eigenvalue weighted by atomic mass is 9.89. The fraction of sp³-hybridized carbons (Fsp3) is 1.00. The Hall–Kier alpha value is -0.0800. The highest BCUT2D eigenvalue weighted by molar-refractivity contribution is 4.88. The fourth-order valence-electron chi connectivity index (χ4n) is 1.55. The van der Waals surface area contributed by atoms with Gasteiger partial charge in [0.2, 0.25) is 0 Å². The molecule has 11 heavy (non-hydrogen) atoms. The molecule has 0 radical (unpaired) electrons. The quantitative estimate of drug-likeness (QED) is 0.559. The van der Waals surface area contributed by atoms with Gasteiger partial charge in [-0.2, -0.15) is 0 Å². The van der Waals surface area contributed by atoms with E-state index in [-0.39, 0.29) is 0 Å². The first-order valence-corrected chi connectivity index (χ1v) is 4.40. The topological polar surface area (TPSA) is 6.48 Å². The Morgan fingerprint density at radius 2 is 1.64 bits per heavy atom. The van der Waals surface area contributed by atoms with Crippen LogP contribution in [-0.4, -0.2) is 49.6 Å². The molecule has 0 bridgehead atoms. The van der Waals surface area contributed by atoms with E-state index in [1.54, 1.807) is 0 Å². The molecule has 66 valence electrons. The van der Waals surface area contributed by atoms with E-state index in [1.807, 2.05) is 0 Å². The van der Waals surface area contributed by atoms with Gasteiger partial charge >= 0.3 is 0 Å². The molecule has 0 amide bonds. The molecule has 1 rings (SSSR count). The van der Waals surface area contributed by atoms with E-state index in [4.69, 9.17) is 0 Å². The Morgan fingerprint density at radius 1 is 1.18 bits per heavy atom. The third-order valence-corrected chi connectivity index (χ3v) is 3.14. The summed E-state index contributed by atoms with van der Waals surface area (Å²) in [5, 5.41) is 0. The van der Waals surface area contributed by atoms with Crippen molar-refractivity contribution in [1.29, 1.82) is 0 Å². The molecule has 0 N–H and O–H groups in total. The lowest BCUT2D eigenvalue weighted by molar-refractivity contribution is 0.0827. The van der Waals surface area contributed by atoms with Crippen LogP contribution in [0, 0.1) is 0 Å². The van der Waals surface area contributed by atoms with Crippen LogP contribution in [0.4, 0.5) is 0 Å². The number of nitrogens with zero attached hydrogens (tertiary/aromatic N) is 2. The second-order valence-corrected chi connectivity index (χ2v) is 4.19. The van der Waals surface area contributed by atoms with Crippen LogP contribution >= 0.6 is 0 Å². The number of piperidine rings is 1. The average Bonchev–Trinajstić information content (AvgIpc) is 1.95. The highest BCUT2D eigenvalue weighted by Crippen LogP contribution is 2.25. The molecule has 0 aliphatic carbocycles. The fourth-order valence-corrected chi connectivity index (χ4v) is 1.55. The summed E-state index contributed by atoms with van der Waals surface area (Å²) in [6.45, 7) is 4.85. The van der Waals surface area contributed by atoms with Gasteiger partial charge in [0.05, 0.1) is 0 Å². The van der Waals surface area contributed by atoms with Crippen LogP contribution in [0.5, 0.6) is 0 Å². The van der Waals surface area contributed by atoms with Crippen LogP contribution < -0.4 is 0 Å². The van der Waals surface area contributed by atoms with Crippen molar-refractivity contribution in [3.63, 3.8) is 0 Å². The molecule has 0 atom stereocenters. The molecule has 0 aromatic rings. The minimum absolute atomic E-state index is 0.451. The van der Waals surface area contributed by atoms with E-state index in [2.05, 4.69) is 37.9 Å². The molecule has 1 aliphatic heterocycles. The Morgan fingerprint density at radius 3 is 2.00 bits per heavy atom. The number of hydrogen-bond acceptors (Lipinski definition) is 2. The van der Waals surface area contributed by atoms with Gasteiger partial charge in [-0.05, 0) is 54.0 Å². The summed E-state index contributed by atoms with van der Waals surface area (Å²) in [6, 6.07) is 0. The van der Waals surface area contributed by atoms with Gasteiger partial charge in [-0.1, -0.05) is 0 Å². The smallest absolute Gasteiger partial charge is 0.0199 e. The third kappa shape index (κ3) is 1.94. The van der Waals surface area contributed by atoms with Crippen molar-refractivity contribution in [3.8, 4) is 0 Å². The molecule has 1 aliphatic rings. The van der Waals surface area contributed by atoms with Crippen LogP contribution in [0.2, 0.25) is 0 Å². The maximum Gasteiger partial charge on any atom is 0.0199 e. The van der Waals surface area contributed by atoms with Gasteiger partial charge in [-0.15, -0.1) is 0 Å². The largest absolute Gasteiger partial charge is 0.306 e. The summed E-state index contributed by atoms with van der Waals surface area (Å²) in [5.74, 6) is 0. The zero-order valence-electron chi connectivity index (χ0n) is 8.22. The second kappa shape index (κ2) is 3.11. The summed E-state index contributed by atoms with van der Waals surface area (Å²) < 4.78 is 0. The zero-order valence-corrected chi connectivity index (χ0v) is 8.22. The van der Waals surface area contributed by atoms with Crippen molar-refractivity contribution < 1.29 is 0 Å². The minimum Gasteiger partial charge on any atom is -0.306 e. The standard InChI is InChI=1S/C9H20N2/c1-9(10(2)3)5-7-11(4)8-6-9/h5-8H2,1-4H3. The summed E-state index contributed by atoms with van der Waals surface area (Å²) in [7, 11) is 6.58. The summed E-state index contributed by atoms with van der Waals surface area (Å²) in [5.41, 5.74) is 0.451. The van der Waals surface area contributed by atoms with Crippen LogP contribution in [0.3, 0.4) is 0 Å². The number of rotatable bonds is 1. The third-order valence-electron chi connectivity index (χ3n) is 3.14. The van der Waals surface area contributed by atoms with E-state index in [0.717, 1.165) is 0 Å². The molecule has 0 unspecified atom stereocenters. The molecule has 0 saturated carbocycles. The first kappa shape index (κ1) is 9.01. The Kier molecular flexibility index (Phi) is 2.55. The monoisotopic (exact) mass is 156 g/mol. The van der Waals surface area contributed by atoms with E-state index >= 15 is 0 Å². The first-order valence-electron chi connectivity index (χ1n) is 4.40. The van der Waals surface area contributed by atoms with Gasteiger partial charge in [-0.3, -0.25) is 0 Å². The van der Waals surface area contributed by atoms with Crippen molar-refractivity contribution in [3.05, 3.63) is 0 Å². The number of likely N-dealkylation sites (tertiary alicyclic amines) is 1. The predicted octanol–water partition coefficient (Wildman–Crippen LogP) is 1.03. The van der Waals surface area contributed by atoms with E-state index < -0.39 is 0 Å².